The standard InChI is InChI=1S/C27H32N6O2/c1-3-21(2)26-24(5-4-10-30-26)19-35-27(34)32-13-11-31(12-14-32)18-25-16-29-20-33(25)17-23-8-6-22(15-28)7-9-23/h4-10,16,20-21H,3,11-14,17-19H2,1-2H3. The predicted molar refractivity (Wildman–Crippen MR) is 132 cm³/mol. The Labute approximate surface area is 206 Å². The van der Waals surface area contributed by atoms with Gasteiger partial charge in [-0.15, -0.1) is 0 Å². The first-order valence-corrected chi connectivity index (χ1v) is 12.1. The number of amides is 1. The van der Waals surface area contributed by atoms with Crippen LogP contribution in [-0.4, -0.2) is 56.6 Å². The zero-order chi connectivity index (χ0) is 24.6. The Morgan fingerprint density at radius 2 is 1.91 bits per heavy atom. The van der Waals surface area contributed by atoms with Crippen LogP contribution < -0.4 is 0 Å². The molecule has 0 saturated carbocycles. The Balaban J connectivity index is 1.26. The van der Waals surface area contributed by atoms with E-state index in [1.54, 1.807) is 11.1 Å². The summed E-state index contributed by atoms with van der Waals surface area (Å²) in [7, 11) is 0. The van der Waals surface area contributed by atoms with E-state index in [1.807, 2.05) is 48.9 Å². The van der Waals surface area contributed by atoms with Crippen molar-refractivity contribution in [3.05, 3.63) is 83.2 Å². The van der Waals surface area contributed by atoms with E-state index in [0.29, 0.717) is 31.1 Å². The lowest BCUT2D eigenvalue weighted by Crippen LogP contribution is -2.48. The number of pyridine rings is 1. The maximum absolute atomic E-state index is 12.7. The van der Waals surface area contributed by atoms with Crippen molar-refractivity contribution in [3.8, 4) is 6.07 Å². The second-order valence-electron chi connectivity index (χ2n) is 9.00. The van der Waals surface area contributed by atoms with Gasteiger partial charge in [-0.2, -0.15) is 5.26 Å². The second kappa shape index (κ2) is 11.6. The number of hydrogen-bond donors (Lipinski definition) is 0. The van der Waals surface area contributed by atoms with E-state index in [-0.39, 0.29) is 12.7 Å². The molecule has 4 rings (SSSR count). The number of benzene rings is 1. The van der Waals surface area contributed by atoms with E-state index < -0.39 is 0 Å². The number of piperazine rings is 1. The molecule has 3 heterocycles. The molecule has 0 aliphatic carbocycles. The Morgan fingerprint density at radius 1 is 1.14 bits per heavy atom. The lowest BCUT2D eigenvalue weighted by Gasteiger charge is -2.34. The van der Waals surface area contributed by atoms with Gasteiger partial charge in [-0.3, -0.25) is 9.88 Å². The Hall–Kier alpha value is -3.70. The predicted octanol–water partition coefficient (Wildman–Crippen LogP) is 4.17. The molecule has 1 unspecified atom stereocenters. The molecule has 8 heteroatoms. The number of nitrogens with zero attached hydrogens (tertiary/aromatic N) is 6. The van der Waals surface area contributed by atoms with Crippen molar-refractivity contribution < 1.29 is 9.53 Å². The van der Waals surface area contributed by atoms with E-state index >= 15 is 0 Å². The van der Waals surface area contributed by atoms with Crippen molar-refractivity contribution in [2.75, 3.05) is 26.2 Å². The minimum atomic E-state index is -0.269. The van der Waals surface area contributed by atoms with Gasteiger partial charge < -0.3 is 14.2 Å². The molecule has 1 aromatic carbocycles. The average molecular weight is 473 g/mol. The largest absolute Gasteiger partial charge is 0.444 e. The van der Waals surface area contributed by atoms with Crippen LogP contribution in [0.3, 0.4) is 0 Å². The molecule has 1 amide bonds. The molecule has 8 nitrogen and oxygen atoms in total. The van der Waals surface area contributed by atoms with E-state index in [9.17, 15) is 4.79 Å². The molecular weight excluding hydrogens is 440 g/mol. The van der Waals surface area contributed by atoms with Crippen LogP contribution >= 0.6 is 0 Å². The molecule has 1 aliphatic heterocycles. The molecule has 1 aliphatic rings. The van der Waals surface area contributed by atoms with Crippen LogP contribution in [0.1, 0.15) is 54.3 Å². The summed E-state index contributed by atoms with van der Waals surface area (Å²) >= 11 is 0. The molecule has 3 aromatic rings. The van der Waals surface area contributed by atoms with Gasteiger partial charge in [0.25, 0.3) is 0 Å². The van der Waals surface area contributed by atoms with E-state index in [2.05, 4.69) is 39.4 Å². The Morgan fingerprint density at radius 3 is 2.63 bits per heavy atom. The number of carbonyl (C=O) groups excluding carboxylic acids is 1. The zero-order valence-electron chi connectivity index (χ0n) is 20.4. The van der Waals surface area contributed by atoms with Crippen LogP contribution in [0.4, 0.5) is 4.79 Å². The summed E-state index contributed by atoms with van der Waals surface area (Å²) in [5, 5.41) is 8.98. The number of imidazole rings is 1. The van der Waals surface area contributed by atoms with Crippen molar-refractivity contribution >= 4 is 6.09 Å². The Kier molecular flexibility index (Phi) is 8.11. The highest BCUT2D eigenvalue weighted by atomic mass is 16.6. The fourth-order valence-corrected chi connectivity index (χ4v) is 4.26. The highest BCUT2D eigenvalue weighted by Gasteiger charge is 2.23. The summed E-state index contributed by atoms with van der Waals surface area (Å²) in [5.41, 5.74) is 4.89. The van der Waals surface area contributed by atoms with Gasteiger partial charge in [0.05, 0.1) is 23.7 Å². The fourth-order valence-electron chi connectivity index (χ4n) is 4.26. The summed E-state index contributed by atoms with van der Waals surface area (Å²) < 4.78 is 7.77. The van der Waals surface area contributed by atoms with E-state index in [0.717, 1.165) is 48.6 Å². The zero-order valence-corrected chi connectivity index (χ0v) is 20.4. The number of aromatic nitrogens is 3. The lowest BCUT2D eigenvalue weighted by atomic mass is 10.00. The van der Waals surface area contributed by atoms with Crippen molar-refractivity contribution in [2.24, 2.45) is 0 Å². The number of ether oxygens (including phenoxy) is 1. The normalized spacial score (nSPS) is 14.9. The van der Waals surface area contributed by atoms with Gasteiger partial charge in [0.2, 0.25) is 0 Å². The maximum Gasteiger partial charge on any atom is 0.410 e. The molecule has 0 spiro atoms. The summed E-state index contributed by atoms with van der Waals surface area (Å²) in [5.74, 6) is 0.332. The van der Waals surface area contributed by atoms with Crippen molar-refractivity contribution in [1.82, 2.24) is 24.3 Å². The molecule has 0 N–H and O–H groups in total. The van der Waals surface area contributed by atoms with Crippen LogP contribution in [0.15, 0.2) is 55.1 Å². The van der Waals surface area contributed by atoms with Gasteiger partial charge in [0.15, 0.2) is 0 Å². The lowest BCUT2D eigenvalue weighted by molar-refractivity contribution is 0.0692. The number of rotatable bonds is 8. The third-order valence-electron chi connectivity index (χ3n) is 6.61. The summed E-state index contributed by atoms with van der Waals surface area (Å²) in [4.78, 5) is 25.6. The highest BCUT2D eigenvalue weighted by molar-refractivity contribution is 5.67. The minimum Gasteiger partial charge on any atom is -0.444 e. The van der Waals surface area contributed by atoms with Crippen LogP contribution in [0.25, 0.3) is 0 Å². The van der Waals surface area contributed by atoms with Crippen molar-refractivity contribution in [3.63, 3.8) is 0 Å². The maximum atomic E-state index is 12.7. The molecule has 0 radical (unpaired) electrons. The highest BCUT2D eigenvalue weighted by Crippen LogP contribution is 2.21. The van der Waals surface area contributed by atoms with Gasteiger partial charge in [0.1, 0.15) is 6.61 Å². The first-order chi connectivity index (χ1) is 17.1. The molecule has 1 saturated heterocycles. The molecular formula is C27H32N6O2. The van der Waals surface area contributed by atoms with E-state index in [1.165, 1.54) is 0 Å². The summed E-state index contributed by atoms with van der Waals surface area (Å²) in [6.45, 7) is 8.83. The number of hydrogen-bond acceptors (Lipinski definition) is 6. The van der Waals surface area contributed by atoms with Crippen molar-refractivity contribution in [1.29, 1.82) is 5.26 Å². The molecule has 182 valence electrons. The second-order valence-corrected chi connectivity index (χ2v) is 9.00. The SMILES string of the molecule is CCC(C)c1ncccc1COC(=O)N1CCN(Cc2cncn2Cc2ccc(C#N)cc2)CC1. The van der Waals surface area contributed by atoms with Gasteiger partial charge in [-0.05, 0) is 36.1 Å². The van der Waals surface area contributed by atoms with Gasteiger partial charge in [-0.25, -0.2) is 9.78 Å². The summed E-state index contributed by atoms with van der Waals surface area (Å²) in [6, 6.07) is 13.7. The van der Waals surface area contributed by atoms with Gasteiger partial charge in [0, 0.05) is 62.9 Å². The van der Waals surface area contributed by atoms with Crippen LogP contribution in [0, 0.1) is 11.3 Å². The van der Waals surface area contributed by atoms with Crippen molar-refractivity contribution in [2.45, 2.75) is 45.9 Å². The molecule has 35 heavy (non-hydrogen) atoms. The molecule has 1 atom stereocenters. The number of nitriles is 1. The average Bonchev–Trinajstić information content (AvgIpc) is 3.34. The smallest absolute Gasteiger partial charge is 0.410 e. The van der Waals surface area contributed by atoms with E-state index in [4.69, 9.17) is 10.00 Å². The Bertz CT molecular complexity index is 1160. The van der Waals surface area contributed by atoms with Gasteiger partial charge in [-0.1, -0.05) is 32.0 Å². The van der Waals surface area contributed by atoms with Crippen LogP contribution in [-0.2, 0) is 24.4 Å². The summed E-state index contributed by atoms with van der Waals surface area (Å²) in [6.07, 6.45) is 6.25. The third kappa shape index (κ3) is 6.25. The van der Waals surface area contributed by atoms with Gasteiger partial charge >= 0.3 is 6.09 Å². The first kappa shape index (κ1) is 24.4. The minimum absolute atomic E-state index is 0.251. The fraction of sp³-hybridized carbons (Fsp3) is 0.407. The first-order valence-electron chi connectivity index (χ1n) is 12.1. The molecule has 2 aromatic heterocycles. The molecule has 1 fully saturated rings. The topological polar surface area (TPSA) is 87.3 Å². The van der Waals surface area contributed by atoms with Crippen LogP contribution in [0.2, 0.25) is 0 Å². The monoisotopic (exact) mass is 472 g/mol. The van der Waals surface area contributed by atoms with Crippen LogP contribution in [0.5, 0.6) is 0 Å². The third-order valence-corrected chi connectivity index (χ3v) is 6.61. The quantitative estimate of drug-likeness (QED) is 0.489. The molecule has 0 bridgehead atoms. The number of carbonyl (C=O) groups is 1.